The summed E-state index contributed by atoms with van der Waals surface area (Å²) in [4.78, 5) is 44.2. The molecule has 0 fully saturated rings. The molecule has 0 radical (unpaired) electrons. The molecule has 2 atom stereocenters. The molecule has 0 aromatic heterocycles. The van der Waals surface area contributed by atoms with Gasteiger partial charge in [-0.3, -0.25) is 18.2 Å². The smallest absolute Gasteiger partial charge is 0.330 e. The molecule has 2 N–H and O–H groups in total. The Morgan fingerprint density at radius 1 is 0.833 bits per heavy atom. The number of amides is 2. The van der Waals surface area contributed by atoms with Gasteiger partial charge in [-0.05, 0) is 0 Å². The van der Waals surface area contributed by atoms with Crippen LogP contribution >= 0.6 is 25.6 Å². The van der Waals surface area contributed by atoms with Crippen LogP contribution in [0.4, 0.5) is 0 Å². The summed E-state index contributed by atoms with van der Waals surface area (Å²) < 4.78 is 0.848. The average Bonchev–Trinajstić information content (AvgIpc) is 2.22. The third kappa shape index (κ3) is 3.81. The van der Waals surface area contributed by atoms with Gasteiger partial charge in [0.25, 0.3) is 0 Å². The Bertz CT molecular complexity index is 352. The molecule has 0 saturated heterocycles. The van der Waals surface area contributed by atoms with E-state index in [-0.39, 0.29) is 0 Å². The van der Waals surface area contributed by atoms with E-state index in [1.807, 2.05) is 0 Å². The summed E-state index contributed by atoms with van der Waals surface area (Å²) in [5.41, 5.74) is 0. The highest BCUT2D eigenvalue weighted by Gasteiger charge is 2.43. The van der Waals surface area contributed by atoms with Crippen LogP contribution in [-0.4, -0.2) is 54.7 Å². The highest BCUT2D eigenvalue weighted by atomic mass is 32.1. The van der Waals surface area contributed by atoms with Gasteiger partial charge in [-0.2, -0.15) is 0 Å². The zero-order valence-corrected chi connectivity index (χ0v) is 11.3. The number of carboxylic acids is 2. The van der Waals surface area contributed by atoms with Gasteiger partial charge >= 0.3 is 11.9 Å². The van der Waals surface area contributed by atoms with Gasteiger partial charge in [-0.15, -0.1) is 0 Å². The third-order valence-electron chi connectivity index (χ3n) is 1.98. The molecule has 102 valence electrons. The average molecular weight is 296 g/mol. The molecule has 0 saturated carbocycles. The van der Waals surface area contributed by atoms with E-state index in [4.69, 9.17) is 10.2 Å². The summed E-state index contributed by atoms with van der Waals surface area (Å²) in [6.45, 7) is 2.02. The summed E-state index contributed by atoms with van der Waals surface area (Å²) in [6, 6.07) is -3.71. The quantitative estimate of drug-likeness (QED) is 0.498. The molecule has 18 heavy (non-hydrogen) atoms. The molecular formula is C8H12N2O6S2. The molecule has 2 amide bonds. The van der Waals surface area contributed by atoms with Gasteiger partial charge in [0, 0.05) is 13.8 Å². The van der Waals surface area contributed by atoms with Crippen molar-refractivity contribution >= 4 is 49.4 Å². The second kappa shape index (κ2) is 6.50. The van der Waals surface area contributed by atoms with Crippen molar-refractivity contribution in [3.63, 3.8) is 0 Å². The van der Waals surface area contributed by atoms with E-state index in [9.17, 15) is 19.2 Å². The minimum atomic E-state index is -1.86. The Morgan fingerprint density at radius 2 is 1.06 bits per heavy atom. The number of hydrogen-bond donors (Lipinski definition) is 4. The van der Waals surface area contributed by atoms with Gasteiger partial charge in [0.2, 0.25) is 11.8 Å². The Labute approximate surface area is 114 Å². The second-order valence-electron chi connectivity index (χ2n) is 3.29. The molecule has 0 aromatic rings. The fourth-order valence-corrected chi connectivity index (χ4v) is 1.59. The van der Waals surface area contributed by atoms with E-state index in [0.717, 1.165) is 13.8 Å². The molecule has 0 aromatic carbocycles. The number of thiol groups is 2. The zero-order valence-electron chi connectivity index (χ0n) is 9.47. The molecule has 0 rings (SSSR count). The highest BCUT2D eigenvalue weighted by molar-refractivity contribution is 7.78. The maximum Gasteiger partial charge on any atom is 0.330 e. The molecule has 0 spiro atoms. The first-order valence-corrected chi connectivity index (χ1v) is 5.34. The fourth-order valence-electron chi connectivity index (χ4n) is 1.14. The van der Waals surface area contributed by atoms with E-state index in [0.29, 0.717) is 8.61 Å². The lowest BCUT2D eigenvalue weighted by Crippen LogP contribution is -2.56. The zero-order chi connectivity index (χ0) is 14.6. The number of aliphatic carboxylic acids is 2. The Morgan fingerprint density at radius 3 is 1.17 bits per heavy atom. The van der Waals surface area contributed by atoms with Crippen molar-refractivity contribution in [2.75, 3.05) is 0 Å². The molecule has 0 bridgehead atoms. The summed E-state index contributed by atoms with van der Waals surface area (Å²) in [7, 11) is 0. The van der Waals surface area contributed by atoms with Crippen molar-refractivity contribution in [2.45, 2.75) is 25.9 Å². The van der Waals surface area contributed by atoms with Crippen LogP contribution in [0, 0.1) is 0 Å². The van der Waals surface area contributed by atoms with E-state index >= 15 is 0 Å². The van der Waals surface area contributed by atoms with Crippen LogP contribution < -0.4 is 0 Å². The van der Waals surface area contributed by atoms with Crippen molar-refractivity contribution in [3.05, 3.63) is 0 Å². The topological polar surface area (TPSA) is 115 Å². The Balaban J connectivity index is 5.52. The Kier molecular flexibility index (Phi) is 5.98. The minimum absolute atomic E-state index is 0.424. The summed E-state index contributed by atoms with van der Waals surface area (Å²) in [5, 5.41) is 17.9. The first kappa shape index (κ1) is 16.6. The number of carboxylic acid groups (broad SMARTS) is 2. The van der Waals surface area contributed by atoms with Crippen LogP contribution in [0.25, 0.3) is 0 Å². The van der Waals surface area contributed by atoms with Gasteiger partial charge in [0.15, 0.2) is 12.1 Å². The van der Waals surface area contributed by atoms with E-state index in [2.05, 4.69) is 25.6 Å². The van der Waals surface area contributed by atoms with Gasteiger partial charge in [-0.1, -0.05) is 25.6 Å². The predicted octanol–water partition coefficient (Wildman–Crippen LogP) is -0.721. The number of nitrogens with zero attached hydrogens (tertiary/aromatic N) is 2. The molecule has 0 heterocycles. The highest BCUT2D eigenvalue weighted by Crippen LogP contribution is 2.17. The molecule has 0 aliphatic carbocycles. The van der Waals surface area contributed by atoms with Crippen LogP contribution in [0.2, 0.25) is 0 Å². The van der Waals surface area contributed by atoms with E-state index < -0.39 is 35.8 Å². The number of carbonyl (C=O) groups is 4. The van der Waals surface area contributed by atoms with Crippen molar-refractivity contribution in [1.29, 1.82) is 0 Å². The van der Waals surface area contributed by atoms with Crippen molar-refractivity contribution in [3.8, 4) is 0 Å². The largest absolute Gasteiger partial charge is 0.480 e. The lowest BCUT2D eigenvalue weighted by atomic mass is 10.1. The maximum absolute atomic E-state index is 11.1. The van der Waals surface area contributed by atoms with Crippen LogP contribution in [0.3, 0.4) is 0 Å². The van der Waals surface area contributed by atoms with Crippen molar-refractivity contribution < 1.29 is 29.4 Å². The van der Waals surface area contributed by atoms with Crippen LogP contribution in [0.15, 0.2) is 0 Å². The molecule has 10 heteroatoms. The summed E-state index contributed by atoms with van der Waals surface area (Å²) in [5.74, 6) is -4.79. The van der Waals surface area contributed by atoms with Gasteiger partial charge in [-0.25, -0.2) is 9.59 Å². The van der Waals surface area contributed by atoms with Crippen molar-refractivity contribution in [2.24, 2.45) is 0 Å². The molecule has 0 aliphatic rings. The van der Waals surface area contributed by atoms with Crippen LogP contribution in [0.1, 0.15) is 13.8 Å². The number of hydrogen-bond acceptors (Lipinski definition) is 6. The lowest BCUT2D eigenvalue weighted by Gasteiger charge is -2.31. The second-order valence-corrected chi connectivity index (χ2v) is 4.16. The lowest BCUT2D eigenvalue weighted by molar-refractivity contribution is -0.156. The van der Waals surface area contributed by atoms with Crippen LogP contribution in [0.5, 0.6) is 0 Å². The van der Waals surface area contributed by atoms with E-state index in [1.54, 1.807) is 0 Å². The standard InChI is InChI=1S/C8H12N2O6S2/c1-3(11)9(17)5(7(13)14)6(8(15)16)10(18)4(2)12/h5-6,17-18H,1-2H3,(H,13,14)(H,15,16). The first-order valence-electron chi connectivity index (χ1n) is 4.54. The fraction of sp³-hybridized carbons (Fsp3) is 0.500. The minimum Gasteiger partial charge on any atom is -0.480 e. The van der Waals surface area contributed by atoms with Gasteiger partial charge < -0.3 is 10.2 Å². The molecule has 2 unspecified atom stereocenters. The molecular weight excluding hydrogens is 284 g/mol. The van der Waals surface area contributed by atoms with Gasteiger partial charge in [0.1, 0.15) is 0 Å². The molecule has 0 aliphatic heterocycles. The molecule has 8 nitrogen and oxygen atoms in total. The normalized spacial score (nSPS) is 13.3. The Hall–Kier alpha value is -1.42. The van der Waals surface area contributed by atoms with Crippen LogP contribution in [-0.2, 0) is 19.2 Å². The third-order valence-corrected chi connectivity index (χ3v) is 3.04. The number of carbonyl (C=O) groups excluding carboxylic acids is 2. The van der Waals surface area contributed by atoms with Crippen molar-refractivity contribution in [1.82, 2.24) is 8.61 Å². The first-order chi connectivity index (χ1) is 8.11. The SMILES string of the molecule is CC(=O)N(S)C(C(=O)O)C(C(=O)O)N(S)C(C)=O. The summed E-state index contributed by atoms with van der Waals surface area (Å²) >= 11 is 7.25. The number of rotatable bonds is 5. The monoisotopic (exact) mass is 296 g/mol. The maximum atomic E-state index is 11.1. The predicted molar refractivity (Wildman–Crippen MR) is 65.9 cm³/mol. The van der Waals surface area contributed by atoms with Gasteiger partial charge in [0.05, 0.1) is 0 Å². The summed E-state index contributed by atoms with van der Waals surface area (Å²) in [6.07, 6.45) is 0. The van der Waals surface area contributed by atoms with E-state index in [1.165, 1.54) is 0 Å².